The molecule has 0 spiro atoms. The van der Waals surface area contributed by atoms with Crippen molar-refractivity contribution in [1.82, 2.24) is 9.78 Å². The van der Waals surface area contributed by atoms with Gasteiger partial charge in [0.2, 0.25) is 0 Å². The molecule has 1 heterocycles. The zero-order valence-corrected chi connectivity index (χ0v) is 13.0. The number of hydrogen-bond acceptors (Lipinski definition) is 3. The van der Waals surface area contributed by atoms with Crippen molar-refractivity contribution in [2.24, 2.45) is 0 Å². The number of nitrogen functional groups attached to an aromatic ring is 2. The number of nitrogens with two attached hydrogens (primary N) is 2. The van der Waals surface area contributed by atoms with Gasteiger partial charge in [-0.05, 0) is 30.7 Å². The number of aromatic nitrogens is 2. The molecule has 3 aromatic rings. The molecule has 0 bridgehead atoms. The Morgan fingerprint density at radius 3 is 2.50 bits per heavy atom. The maximum Gasteiger partial charge on any atom is 0.169 e. The van der Waals surface area contributed by atoms with E-state index in [1.54, 1.807) is 0 Å². The standard InChI is InChI=1S/C17H17ClN4/c1-11-3-2-4-13(9-11)16-15(19)17(20)21-22(16)10-12-5-7-14(18)8-6-12/h2-9H,10,19H2,1H3,(H2,20,21). The van der Waals surface area contributed by atoms with Gasteiger partial charge in [0.15, 0.2) is 5.82 Å². The van der Waals surface area contributed by atoms with Crippen molar-refractivity contribution in [1.29, 1.82) is 0 Å². The molecule has 0 aliphatic rings. The molecule has 0 fully saturated rings. The first-order chi connectivity index (χ1) is 10.5. The molecule has 0 saturated heterocycles. The van der Waals surface area contributed by atoms with E-state index >= 15 is 0 Å². The van der Waals surface area contributed by atoms with Crippen LogP contribution in [0.25, 0.3) is 11.3 Å². The van der Waals surface area contributed by atoms with Crippen molar-refractivity contribution in [2.45, 2.75) is 13.5 Å². The lowest BCUT2D eigenvalue weighted by atomic mass is 10.1. The van der Waals surface area contributed by atoms with Crippen LogP contribution in [0.4, 0.5) is 11.5 Å². The largest absolute Gasteiger partial charge is 0.394 e. The monoisotopic (exact) mass is 312 g/mol. The van der Waals surface area contributed by atoms with E-state index < -0.39 is 0 Å². The van der Waals surface area contributed by atoms with Crippen LogP contribution in [-0.2, 0) is 6.54 Å². The zero-order chi connectivity index (χ0) is 15.7. The van der Waals surface area contributed by atoms with Gasteiger partial charge in [0.1, 0.15) is 5.69 Å². The van der Waals surface area contributed by atoms with Crippen LogP contribution in [0.3, 0.4) is 0 Å². The minimum absolute atomic E-state index is 0.352. The van der Waals surface area contributed by atoms with E-state index in [9.17, 15) is 0 Å². The number of hydrogen-bond donors (Lipinski definition) is 2. The quantitative estimate of drug-likeness (QED) is 0.774. The topological polar surface area (TPSA) is 69.9 Å². The summed E-state index contributed by atoms with van der Waals surface area (Å²) in [4.78, 5) is 0. The number of aryl methyl sites for hydroxylation is 1. The van der Waals surface area contributed by atoms with Crippen molar-refractivity contribution >= 4 is 23.1 Å². The second-order valence-corrected chi connectivity index (χ2v) is 5.74. The fourth-order valence-corrected chi connectivity index (χ4v) is 2.59. The van der Waals surface area contributed by atoms with E-state index in [4.69, 9.17) is 23.1 Å². The minimum atomic E-state index is 0.352. The number of rotatable bonds is 3. The van der Waals surface area contributed by atoms with Crippen molar-refractivity contribution in [2.75, 3.05) is 11.5 Å². The summed E-state index contributed by atoms with van der Waals surface area (Å²) < 4.78 is 1.84. The first-order valence-corrected chi connectivity index (χ1v) is 7.35. The molecule has 4 nitrogen and oxygen atoms in total. The summed E-state index contributed by atoms with van der Waals surface area (Å²) in [7, 11) is 0. The third-order valence-electron chi connectivity index (χ3n) is 3.55. The Labute approximate surface area is 134 Å². The molecule has 0 radical (unpaired) electrons. The Morgan fingerprint density at radius 2 is 1.82 bits per heavy atom. The first kappa shape index (κ1) is 14.5. The highest BCUT2D eigenvalue weighted by molar-refractivity contribution is 6.30. The van der Waals surface area contributed by atoms with Gasteiger partial charge in [-0.3, -0.25) is 4.68 Å². The molecule has 5 heteroatoms. The predicted octanol–water partition coefficient (Wildman–Crippen LogP) is 3.72. The maximum atomic E-state index is 6.13. The minimum Gasteiger partial charge on any atom is -0.394 e. The van der Waals surface area contributed by atoms with E-state index in [1.165, 1.54) is 0 Å². The van der Waals surface area contributed by atoms with E-state index in [0.29, 0.717) is 23.1 Å². The molecule has 0 unspecified atom stereocenters. The Bertz CT molecular complexity index is 806. The van der Waals surface area contributed by atoms with Gasteiger partial charge in [-0.15, -0.1) is 0 Å². The highest BCUT2D eigenvalue weighted by Crippen LogP contribution is 2.31. The average Bonchev–Trinajstić information content (AvgIpc) is 2.76. The fourth-order valence-electron chi connectivity index (χ4n) is 2.47. The molecule has 4 N–H and O–H groups in total. The van der Waals surface area contributed by atoms with Gasteiger partial charge < -0.3 is 11.5 Å². The predicted molar refractivity (Wildman–Crippen MR) is 91.8 cm³/mol. The lowest BCUT2D eigenvalue weighted by Crippen LogP contribution is -2.04. The Morgan fingerprint density at radius 1 is 1.09 bits per heavy atom. The summed E-state index contributed by atoms with van der Waals surface area (Å²) in [5, 5.41) is 5.08. The number of benzene rings is 2. The SMILES string of the molecule is Cc1cccc(-c2c(N)c(N)nn2Cc2ccc(Cl)cc2)c1. The van der Waals surface area contributed by atoms with Gasteiger partial charge in [-0.1, -0.05) is 47.5 Å². The first-order valence-electron chi connectivity index (χ1n) is 6.98. The molecule has 2 aromatic carbocycles. The van der Waals surface area contributed by atoms with Crippen LogP contribution in [0, 0.1) is 6.92 Å². The normalized spacial score (nSPS) is 10.8. The third kappa shape index (κ3) is 2.78. The van der Waals surface area contributed by atoms with Gasteiger partial charge in [0, 0.05) is 10.6 Å². The van der Waals surface area contributed by atoms with Crippen LogP contribution in [0.1, 0.15) is 11.1 Å². The van der Waals surface area contributed by atoms with Gasteiger partial charge in [0.05, 0.1) is 12.2 Å². The van der Waals surface area contributed by atoms with Crippen LogP contribution >= 0.6 is 11.6 Å². The lowest BCUT2D eigenvalue weighted by Gasteiger charge is -2.09. The highest BCUT2D eigenvalue weighted by atomic mass is 35.5. The summed E-state index contributed by atoms with van der Waals surface area (Å²) in [6, 6.07) is 15.8. The summed E-state index contributed by atoms with van der Waals surface area (Å²) >= 11 is 5.93. The molecule has 0 amide bonds. The van der Waals surface area contributed by atoms with Crippen molar-refractivity contribution in [3.05, 3.63) is 64.7 Å². The molecule has 0 aliphatic carbocycles. The van der Waals surface area contributed by atoms with E-state index in [1.807, 2.05) is 54.1 Å². The van der Waals surface area contributed by atoms with Crippen LogP contribution in [0.2, 0.25) is 5.02 Å². The molecule has 0 atom stereocenters. The lowest BCUT2D eigenvalue weighted by molar-refractivity contribution is 0.698. The van der Waals surface area contributed by atoms with E-state index in [2.05, 4.69) is 11.2 Å². The van der Waals surface area contributed by atoms with Gasteiger partial charge >= 0.3 is 0 Å². The Hall–Kier alpha value is -2.46. The molecule has 112 valence electrons. The van der Waals surface area contributed by atoms with Crippen molar-refractivity contribution in [3.8, 4) is 11.3 Å². The zero-order valence-electron chi connectivity index (χ0n) is 12.3. The van der Waals surface area contributed by atoms with Gasteiger partial charge in [-0.2, -0.15) is 5.10 Å². The number of anilines is 2. The van der Waals surface area contributed by atoms with E-state index in [-0.39, 0.29) is 0 Å². The molecular weight excluding hydrogens is 296 g/mol. The van der Waals surface area contributed by atoms with Crippen LogP contribution < -0.4 is 11.5 Å². The summed E-state index contributed by atoms with van der Waals surface area (Å²) in [6.07, 6.45) is 0. The molecule has 22 heavy (non-hydrogen) atoms. The molecular formula is C17H17ClN4. The van der Waals surface area contributed by atoms with Crippen LogP contribution in [0.5, 0.6) is 0 Å². The molecule has 0 saturated carbocycles. The van der Waals surface area contributed by atoms with Crippen LogP contribution in [0.15, 0.2) is 48.5 Å². The third-order valence-corrected chi connectivity index (χ3v) is 3.81. The van der Waals surface area contributed by atoms with E-state index in [0.717, 1.165) is 22.4 Å². The second-order valence-electron chi connectivity index (χ2n) is 5.30. The van der Waals surface area contributed by atoms with Crippen LogP contribution in [-0.4, -0.2) is 9.78 Å². The Balaban J connectivity index is 2.05. The van der Waals surface area contributed by atoms with Gasteiger partial charge in [-0.25, -0.2) is 0 Å². The highest BCUT2D eigenvalue weighted by Gasteiger charge is 2.15. The van der Waals surface area contributed by atoms with Crippen molar-refractivity contribution in [3.63, 3.8) is 0 Å². The fraction of sp³-hybridized carbons (Fsp3) is 0.118. The number of halogens is 1. The Kier molecular flexibility index (Phi) is 3.77. The summed E-state index contributed by atoms with van der Waals surface area (Å²) in [5.41, 5.74) is 16.7. The van der Waals surface area contributed by atoms with Crippen molar-refractivity contribution < 1.29 is 0 Å². The molecule has 3 rings (SSSR count). The summed E-state index contributed by atoms with van der Waals surface area (Å²) in [6.45, 7) is 2.63. The number of nitrogens with zero attached hydrogens (tertiary/aromatic N) is 2. The molecule has 0 aliphatic heterocycles. The molecule has 1 aromatic heterocycles. The second kappa shape index (κ2) is 5.73. The van der Waals surface area contributed by atoms with Gasteiger partial charge in [0.25, 0.3) is 0 Å². The average molecular weight is 313 g/mol. The maximum absolute atomic E-state index is 6.13. The summed E-state index contributed by atoms with van der Waals surface area (Å²) in [5.74, 6) is 0.352. The smallest absolute Gasteiger partial charge is 0.169 e.